The summed E-state index contributed by atoms with van der Waals surface area (Å²) in [5.41, 5.74) is 3.23. The fourth-order valence-electron chi connectivity index (χ4n) is 4.91. The molecule has 0 saturated carbocycles. The van der Waals surface area contributed by atoms with Crippen LogP contribution in [0, 0.1) is 5.41 Å². The molecule has 43 heavy (non-hydrogen) atoms. The number of halogens is 1. The van der Waals surface area contributed by atoms with Crippen LogP contribution in [-0.4, -0.2) is 44.2 Å². The zero-order chi connectivity index (χ0) is 29.9. The second kappa shape index (κ2) is 12.0. The Kier molecular flexibility index (Phi) is 7.84. The third kappa shape index (κ3) is 5.95. The minimum Gasteiger partial charge on any atom is -0.438 e. The Morgan fingerprint density at radius 2 is 1.63 bits per heavy atom. The molecule has 0 bridgehead atoms. The summed E-state index contributed by atoms with van der Waals surface area (Å²) in [6.45, 7) is 1.29. The summed E-state index contributed by atoms with van der Waals surface area (Å²) < 4.78 is 8.03. The van der Waals surface area contributed by atoms with Crippen molar-refractivity contribution in [1.82, 2.24) is 19.9 Å². The maximum absolute atomic E-state index is 13.1. The van der Waals surface area contributed by atoms with Gasteiger partial charge in [-0.2, -0.15) is 0 Å². The SMILES string of the molecule is N=c1oc2ccccc2cc1C(=O)Nc1cc(Br)ccc1NCc1cn(CCCCN2C(=O)c3ccccc3C2=O)nn1. The summed E-state index contributed by atoms with van der Waals surface area (Å²) in [5, 5.41) is 23.5. The molecule has 216 valence electrons. The molecule has 0 fully saturated rings. The fraction of sp³-hybridized carbons (Fsp3) is 0.161. The third-order valence-corrected chi connectivity index (χ3v) is 7.59. The fourth-order valence-corrected chi connectivity index (χ4v) is 5.27. The molecule has 11 nitrogen and oxygen atoms in total. The molecule has 3 amide bonds. The highest BCUT2D eigenvalue weighted by Gasteiger charge is 2.34. The Balaban J connectivity index is 1.04. The predicted octanol–water partition coefficient (Wildman–Crippen LogP) is 5.21. The zero-order valence-corrected chi connectivity index (χ0v) is 24.4. The average molecular weight is 640 g/mol. The molecule has 1 aliphatic heterocycles. The minimum absolute atomic E-state index is 0.121. The van der Waals surface area contributed by atoms with E-state index in [1.807, 2.05) is 36.5 Å². The van der Waals surface area contributed by atoms with Crippen LogP contribution in [0.25, 0.3) is 11.0 Å². The van der Waals surface area contributed by atoms with Gasteiger partial charge in [-0.3, -0.25) is 29.4 Å². The minimum atomic E-state index is -0.465. The number of anilines is 2. The van der Waals surface area contributed by atoms with Crippen LogP contribution in [-0.2, 0) is 13.1 Å². The predicted molar refractivity (Wildman–Crippen MR) is 163 cm³/mol. The van der Waals surface area contributed by atoms with E-state index in [-0.39, 0.29) is 22.9 Å². The highest BCUT2D eigenvalue weighted by atomic mass is 79.9. The summed E-state index contributed by atoms with van der Waals surface area (Å²) >= 11 is 3.45. The van der Waals surface area contributed by atoms with Gasteiger partial charge in [0.1, 0.15) is 16.8 Å². The molecule has 0 unspecified atom stereocenters. The number of para-hydroxylation sites is 1. The van der Waals surface area contributed by atoms with Crippen molar-refractivity contribution < 1.29 is 18.8 Å². The Morgan fingerprint density at radius 3 is 2.42 bits per heavy atom. The van der Waals surface area contributed by atoms with E-state index < -0.39 is 5.91 Å². The van der Waals surface area contributed by atoms with E-state index in [2.05, 4.69) is 36.9 Å². The van der Waals surface area contributed by atoms with Gasteiger partial charge in [0.15, 0.2) is 0 Å². The number of hydrogen-bond acceptors (Lipinski definition) is 8. The highest BCUT2D eigenvalue weighted by molar-refractivity contribution is 9.10. The van der Waals surface area contributed by atoms with Gasteiger partial charge in [0.05, 0.1) is 35.2 Å². The van der Waals surface area contributed by atoms with Crippen molar-refractivity contribution in [3.8, 4) is 0 Å². The van der Waals surface area contributed by atoms with Crippen molar-refractivity contribution >= 4 is 56.0 Å². The Bertz CT molecular complexity index is 1900. The van der Waals surface area contributed by atoms with Gasteiger partial charge in [-0.05, 0) is 55.3 Å². The van der Waals surface area contributed by atoms with Crippen LogP contribution in [0.4, 0.5) is 11.4 Å². The molecule has 0 radical (unpaired) electrons. The van der Waals surface area contributed by atoms with Gasteiger partial charge < -0.3 is 15.1 Å². The molecule has 5 aromatic rings. The monoisotopic (exact) mass is 639 g/mol. The van der Waals surface area contributed by atoms with Crippen molar-refractivity contribution in [3.05, 3.63) is 111 Å². The normalized spacial score (nSPS) is 12.5. The van der Waals surface area contributed by atoms with E-state index in [1.54, 1.807) is 47.1 Å². The average Bonchev–Trinajstić information content (AvgIpc) is 3.56. The lowest BCUT2D eigenvalue weighted by Crippen LogP contribution is -2.30. The van der Waals surface area contributed by atoms with Crippen LogP contribution in [0.2, 0.25) is 0 Å². The standard InChI is InChI=1S/C31H26BrN7O4/c32-20-11-12-25(26(16-20)35-29(40)24-15-19-7-1-4-10-27(19)43-28(24)33)34-17-21-18-38(37-36-21)13-5-6-14-39-30(41)22-8-2-3-9-23(22)31(39)42/h1-4,7-12,15-16,18,33-34H,5-6,13-14,17H2,(H,35,40). The number of carbonyl (C=O) groups is 3. The molecular weight excluding hydrogens is 614 g/mol. The van der Waals surface area contributed by atoms with E-state index in [0.29, 0.717) is 66.3 Å². The first-order valence-corrected chi connectivity index (χ1v) is 14.4. The lowest BCUT2D eigenvalue weighted by molar-refractivity contribution is 0.0650. The van der Waals surface area contributed by atoms with Crippen LogP contribution >= 0.6 is 15.9 Å². The summed E-state index contributed by atoms with van der Waals surface area (Å²) in [4.78, 5) is 39.5. The van der Waals surface area contributed by atoms with Crippen molar-refractivity contribution in [2.24, 2.45) is 0 Å². The Hall–Kier alpha value is -5.10. The van der Waals surface area contributed by atoms with E-state index in [4.69, 9.17) is 9.83 Å². The molecule has 3 N–H and O–H groups in total. The number of aromatic nitrogens is 3. The molecule has 12 heteroatoms. The number of rotatable bonds is 10. The summed E-state index contributed by atoms with van der Waals surface area (Å²) in [6, 6.07) is 21.2. The van der Waals surface area contributed by atoms with Crippen molar-refractivity contribution in [1.29, 1.82) is 5.41 Å². The van der Waals surface area contributed by atoms with Crippen LogP contribution < -0.4 is 16.2 Å². The van der Waals surface area contributed by atoms with E-state index in [1.165, 1.54) is 4.90 Å². The molecule has 0 aliphatic carbocycles. The van der Waals surface area contributed by atoms with E-state index in [9.17, 15) is 14.4 Å². The topological polar surface area (TPSA) is 146 Å². The van der Waals surface area contributed by atoms with Crippen LogP contribution in [0.3, 0.4) is 0 Å². The first kappa shape index (κ1) is 28.0. The number of amides is 3. The maximum Gasteiger partial charge on any atom is 0.261 e. The number of nitrogens with one attached hydrogen (secondary N) is 3. The number of imide groups is 1. The molecule has 0 saturated heterocycles. The Morgan fingerprint density at radius 1 is 0.907 bits per heavy atom. The number of hydrogen-bond donors (Lipinski definition) is 3. The number of benzene rings is 3. The molecule has 6 rings (SSSR count). The highest BCUT2D eigenvalue weighted by Crippen LogP contribution is 2.27. The summed E-state index contributed by atoms with van der Waals surface area (Å²) in [7, 11) is 0. The van der Waals surface area contributed by atoms with E-state index in [0.717, 1.165) is 9.86 Å². The van der Waals surface area contributed by atoms with Gasteiger partial charge in [0, 0.05) is 22.9 Å². The van der Waals surface area contributed by atoms with Crippen LogP contribution in [0.1, 0.15) is 49.6 Å². The van der Waals surface area contributed by atoms with Crippen molar-refractivity contribution in [2.45, 2.75) is 25.9 Å². The number of fused-ring (bicyclic) bond motifs is 2. The van der Waals surface area contributed by atoms with Gasteiger partial charge >= 0.3 is 0 Å². The molecule has 2 aromatic heterocycles. The summed E-state index contributed by atoms with van der Waals surface area (Å²) in [5.74, 6) is -0.955. The van der Waals surface area contributed by atoms with Gasteiger partial charge in [-0.15, -0.1) is 5.10 Å². The van der Waals surface area contributed by atoms with Crippen molar-refractivity contribution in [2.75, 3.05) is 17.2 Å². The maximum atomic E-state index is 13.1. The molecule has 1 aliphatic rings. The molecule has 3 aromatic carbocycles. The first-order chi connectivity index (χ1) is 20.9. The van der Waals surface area contributed by atoms with Crippen molar-refractivity contribution in [3.63, 3.8) is 0 Å². The molecular formula is C31H26BrN7O4. The molecule has 0 atom stereocenters. The quantitative estimate of drug-likeness (QED) is 0.140. The lowest BCUT2D eigenvalue weighted by atomic mass is 10.1. The second-order valence-corrected chi connectivity index (χ2v) is 10.9. The number of nitrogens with zero attached hydrogens (tertiary/aromatic N) is 4. The smallest absolute Gasteiger partial charge is 0.261 e. The molecule has 0 spiro atoms. The first-order valence-electron chi connectivity index (χ1n) is 13.6. The largest absolute Gasteiger partial charge is 0.438 e. The number of unbranched alkanes of at least 4 members (excludes halogenated alkanes) is 1. The van der Waals surface area contributed by atoms with Gasteiger partial charge in [0.2, 0.25) is 5.55 Å². The number of aryl methyl sites for hydroxylation is 1. The van der Waals surface area contributed by atoms with Gasteiger partial charge in [-0.1, -0.05) is 51.5 Å². The van der Waals surface area contributed by atoms with Gasteiger partial charge in [0.25, 0.3) is 17.7 Å². The van der Waals surface area contributed by atoms with Crippen LogP contribution in [0.15, 0.2) is 87.9 Å². The molecule has 3 heterocycles. The lowest BCUT2D eigenvalue weighted by Gasteiger charge is -2.13. The Labute approximate surface area is 254 Å². The second-order valence-electron chi connectivity index (χ2n) is 10.0. The van der Waals surface area contributed by atoms with Crippen LogP contribution in [0.5, 0.6) is 0 Å². The van der Waals surface area contributed by atoms with Gasteiger partial charge in [-0.25, -0.2) is 0 Å². The summed E-state index contributed by atoms with van der Waals surface area (Å²) in [6.07, 6.45) is 3.19. The zero-order valence-electron chi connectivity index (χ0n) is 22.8. The number of carbonyl (C=O) groups excluding carboxylic acids is 3. The third-order valence-electron chi connectivity index (χ3n) is 7.09. The van der Waals surface area contributed by atoms with E-state index >= 15 is 0 Å².